The molecule has 2 aromatic rings. The molecule has 1 amide bonds. The first-order chi connectivity index (χ1) is 13.8. The second kappa shape index (κ2) is 8.73. The second-order valence-electron chi connectivity index (χ2n) is 7.09. The van der Waals surface area contributed by atoms with Crippen molar-refractivity contribution in [1.82, 2.24) is 19.0 Å². The third kappa shape index (κ3) is 4.41. The number of nitrogens with zero attached hydrogens (tertiary/aromatic N) is 5. The van der Waals surface area contributed by atoms with Crippen LogP contribution in [0.5, 0.6) is 0 Å². The standard InChI is InChI=1S/C19H26ClN5O3S/c1-4-9-22(2)19(26)15-14-23(3)21-18(15)29(27,28)25-12-10-24(11-13-25)17-8-6-5-7-16(17)20/h5-8,14H,4,9-13H2,1-3H3. The molecule has 1 aliphatic heterocycles. The summed E-state index contributed by atoms with van der Waals surface area (Å²) >= 11 is 6.27. The van der Waals surface area contributed by atoms with Gasteiger partial charge in [0.15, 0.2) is 0 Å². The highest BCUT2D eigenvalue weighted by Gasteiger charge is 2.35. The van der Waals surface area contributed by atoms with Crippen molar-refractivity contribution >= 4 is 33.2 Å². The minimum Gasteiger partial charge on any atom is -0.368 e. The molecular formula is C19H26ClN5O3S. The topological polar surface area (TPSA) is 78.8 Å². The first-order valence-electron chi connectivity index (χ1n) is 9.54. The van der Waals surface area contributed by atoms with Crippen LogP contribution >= 0.6 is 11.6 Å². The zero-order valence-electron chi connectivity index (χ0n) is 16.9. The molecule has 3 rings (SSSR count). The van der Waals surface area contributed by atoms with Crippen molar-refractivity contribution in [1.29, 1.82) is 0 Å². The molecule has 0 bridgehead atoms. The van der Waals surface area contributed by atoms with E-state index in [1.807, 2.05) is 31.2 Å². The number of anilines is 1. The first-order valence-corrected chi connectivity index (χ1v) is 11.4. The van der Waals surface area contributed by atoms with Gasteiger partial charge >= 0.3 is 0 Å². The summed E-state index contributed by atoms with van der Waals surface area (Å²) < 4.78 is 29.3. The zero-order chi connectivity index (χ0) is 21.2. The lowest BCUT2D eigenvalue weighted by Gasteiger charge is -2.35. The van der Waals surface area contributed by atoms with Crippen LogP contribution in [-0.4, -0.2) is 73.1 Å². The number of carbonyl (C=O) groups excluding carboxylic acids is 1. The Bertz CT molecular complexity index is 983. The van der Waals surface area contributed by atoms with Crippen molar-refractivity contribution in [2.75, 3.05) is 44.7 Å². The van der Waals surface area contributed by atoms with Crippen LogP contribution in [0.2, 0.25) is 5.02 Å². The van der Waals surface area contributed by atoms with Gasteiger partial charge in [0.2, 0.25) is 5.03 Å². The Hall–Kier alpha value is -2.10. The lowest BCUT2D eigenvalue weighted by atomic mass is 10.2. The summed E-state index contributed by atoms with van der Waals surface area (Å²) in [7, 11) is -0.607. The number of sulfonamides is 1. The van der Waals surface area contributed by atoms with Crippen molar-refractivity contribution in [2.24, 2.45) is 7.05 Å². The molecule has 8 nitrogen and oxygen atoms in total. The summed E-state index contributed by atoms with van der Waals surface area (Å²) in [5.41, 5.74) is 0.998. The minimum absolute atomic E-state index is 0.108. The summed E-state index contributed by atoms with van der Waals surface area (Å²) in [6.07, 6.45) is 2.26. The molecule has 0 atom stereocenters. The van der Waals surface area contributed by atoms with Gasteiger partial charge in [-0.2, -0.15) is 9.40 Å². The number of piperazine rings is 1. The van der Waals surface area contributed by atoms with E-state index in [9.17, 15) is 13.2 Å². The van der Waals surface area contributed by atoms with E-state index in [2.05, 4.69) is 10.00 Å². The molecule has 10 heteroatoms. The second-order valence-corrected chi connectivity index (χ2v) is 9.35. The van der Waals surface area contributed by atoms with Gasteiger partial charge in [-0.05, 0) is 18.6 Å². The van der Waals surface area contributed by atoms with E-state index >= 15 is 0 Å². The molecular weight excluding hydrogens is 414 g/mol. The Kier molecular flexibility index (Phi) is 6.50. The van der Waals surface area contributed by atoms with Gasteiger partial charge in [0.05, 0.1) is 16.3 Å². The van der Waals surface area contributed by atoms with Crippen LogP contribution in [0.4, 0.5) is 5.69 Å². The minimum atomic E-state index is -3.89. The summed E-state index contributed by atoms with van der Waals surface area (Å²) in [5.74, 6) is -0.340. The average molecular weight is 440 g/mol. The quantitative estimate of drug-likeness (QED) is 0.688. The van der Waals surface area contributed by atoms with Crippen LogP contribution < -0.4 is 4.90 Å². The highest BCUT2D eigenvalue weighted by Crippen LogP contribution is 2.28. The fourth-order valence-electron chi connectivity index (χ4n) is 3.45. The summed E-state index contributed by atoms with van der Waals surface area (Å²) in [6.45, 7) is 4.11. The maximum Gasteiger partial charge on any atom is 0.263 e. The highest BCUT2D eigenvalue weighted by molar-refractivity contribution is 7.89. The van der Waals surface area contributed by atoms with Crippen LogP contribution in [0.25, 0.3) is 0 Å². The molecule has 1 aromatic heterocycles. The van der Waals surface area contributed by atoms with Crippen molar-refractivity contribution in [3.05, 3.63) is 41.0 Å². The zero-order valence-corrected chi connectivity index (χ0v) is 18.4. The van der Waals surface area contributed by atoms with E-state index < -0.39 is 10.0 Å². The Morgan fingerprint density at radius 3 is 2.48 bits per heavy atom. The van der Waals surface area contributed by atoms with E-state index in [1.165, 1.54) is 20.1 Å². The molecule has 29 heavy (non-hydrogen) atoms. The van der Waals surface area contributed by atoms with Gasteiger partial charge < -0.3 is 9.80 Å². The number of hydrogen-bond donors (Lipinski definition) is 0. The van der Waals surface area contributed by atoms with Gasteiger partial charge in [-0.15, -0.1) is 0 Å². The molecule has 158 valence electrons. The van der Waals surface area contributed by atoms with Crippen molar-refractivity contribution < 1.29 is 13.2 Å². The maximum atomic E-state index is 13.3. The molecule has 0 saturated carbocycles. The first kappa shape index (κ1) is 21.6. The number of aryl methyl sites for hydroxylation is 1. The van der Waals surface area contributed by atoms with Crippen LogP contribution in [0.15, 0.2) is 35.5 Å². The maximum absolute atomic E-state index is 13.3. The summed E-state index contributed by atoms with van der Waals surface area (Å²) in [6, 6.07) is 7.51. The third-order valence-corrected chi connectivity index (χ3v) is 7.10. The van der Waals surface area contributed by atoms with E-state index in [0.29, 0.717) is 37.7 Å². The van der Waals surface area contributed by atoms with Crippen LogP contribution in [0.1, 0.15) is 23.7 Å². The van der Waals surface area contributed by atoms with E-state index in [1.54, 1.807) is 14.1 Å². The highest BCUT2D eigenvalue weighted by atomic mass is 35.5. The van der Waals surface area contributed by atoms with E-state index in [-0.39, 0.29) is 16.5 Å². The van der Waals surface area contributed by atoms with Crippen molar-refractivity contribution in [3.8, 4) is 0 Å². The van der Waals surface area contributed by atoms with Crippen molar-refractivity contribution in [2.45, 2.75) is 18.4 Å². The fourth-order valence-corrected chi connectivity index (χ4v) is 5.24. The SMILES string of the molecule is CCCN(C)C(=O)c1cn(C)nc1S(=O)(=O)N1CCN(c2ccccc2Cl)CC1. The predicted molar refractivity (Wildman–Crippen MR) is 113 cm³/mol. The molecule has 0 N–H and O–H groups in total. The number of halogens is 1. The number of amides is 1. The lowest BCUT2D eigenvalue weighted by Crippen LogP contribution is -2.49. The molecule has 0 spiro atoms. The van der Waals surface area contributed by atoms with Crippen LogP contribution in [0.3, 0.4) is 0 Å². The van der Waals surface area contributed by atoms with Gasteiger partial charge in [-0.25, -0.2) is 8.42 Å². The molecule has 1 aliphatic rings. The summed E-state index contributed by atoms with van der Waals surface area (Å²) in [4.78, 5) is 16.3. The Balaban J connectivity index is 1.81. The van der Waals surface area contributed by atoms with Crippen LogP contribution in [0, 0.1) is 0 Å². The summed E-state index contributed by atoms with van der Waals surface area (Å²) in [5, 5.41) is 4.58. The molecule has 2 heterocycles. The fraction of sp³-hybridized carbons (Fsp3) is 0.474. The van der Waals surface area contributed by atoms with Gasteiger partial charge in [0.1, 0.15) is 0 Å². The molecule has 1 saturated heterocycles. The Morgan fingerprint density at radius 2 is 1.86 bits per heavy atom. The normalized spacial score (nSPS) is 15.5. The molecule has 0 aliphatic carbocycles. The largest absolute Gasteiger partial charge is 0.368 e. The van der Waals surface area contributed by atoms with Gasteiger partial charge in [-0.1, -0.05) is 30.7 Å². The monoisotopic (exact) mass is 439 g/mol. The van der Waals surface area contributed by atoms with Gasteiger partial charge in [0, 0.05) is 53.0 Å². The smallest absolute Gasteiger partial charge is 0.263 e. The number of para-hydroxylation sites is 1. The van der Waals surface area contributed by atoms with Gasteiger partial charge in [-0.3, -0.25) is 9.48 Å². The molecule has 1 aromatic carbocycles. The number of carbonyl (C=O) groups is 1. The third-order valence-electron chi connectivity index (χ3n) is 4.95. The van der Waals surface area contributed by atoms with E-state index in [4.69, 9.17) is 11.6 Å². The average Bonchev–Trinajstić information content (AvgIpc) is 3.10. The van der Waals surface area contributed by atoms with E-state index in [0.717, 1.165) is 12.1 Å². The predicted octanol–water partition coefficient (Wildman–Crippen LogP) is 2.07. The number of benzene rings is 1. The Labute approximate surface area is 176 Å². The van der Waals surface area contributed by atoms with Crippen LogP contribution in [-0.2, 0) is 17.1 Å². The Morgan fingerprint density at radius 1 is 1.21 bits per heavy atom. The number of hydrogen-bond acceptors (Lipinski definition) is 5. The van der Waals surface area contributed by atoms with Gasteiger partial charge in [0.25, 0.3) is 15.9 Å². The molecule has 0 radical (unpaired) electrons. The molecule has 1 fully saturated rings. The number of aromatic nitrogens is 2. The number of rotatable bonds is 6. The lowest BCUT2D eigenvalue weighted by molar-refractivity contribution is 0.0791. The van der Waals surface area contributed by atoms with Crippen molar-refractivity contribution in [3.63, 3.8) is 0 Å². The molecule has 0 unspecified atom stereocenters.